The number of benzene rings is 2. The maximum absolute atomic E-state index is 10.8. The maximum Gasteiger partial charge on any atom is 0.150 e. The van der Waals surface area contributed by atoms with E-state index in [9.17, 15) is 4.79 Å². The first-order chi connectivity index (χ1) is 10.1. The smallest absolute Gasteiger partial charge is 0.150 e. The van der Waals surface area contributed by atoms with Gasteiger partial charge >= 0.3 is 0 Å². The summed E-state index contributed by atoms with van der Waals surface area (Å²) >= 11 is 10.1. The Morgan fingerprint density at radius 1 is 0.905 bits per heavy atom. The van der Waals surface area contributed by atoms with Crippen LogP contribution in [0.15, 0.2) is 49.8 Å². The Hall–Kier alpha value is -0.850. The molecule has 0 aliphatic carbocycles. The summed E-state index contributed by atoms with van der Waals surface area (Å²) in [7, 11) is 0. The SMILES string of the molecule is O=Cc1cc(Br)c(OCCOc2ccc(Br)cc2)c(Br)c1. The van der Waals surface area contributed by atoms with Crippen LogP contribution in [0.25, 0.3) is 0 Å². The molecule has 0 bridgehead atoms. The zero-order valence-corrected chi connectivity index (χ0v) is 15.6. The normalized spacial score (nSPS) is 10.2. The molecule has 2 aromatic carbocycles. The van der Waals surface area contributed by atoms with Crippen molar-refractivity contribution in [2.45, 2.75) is 0 Å². The second kappa shape index (κ2) is 7.96. The minimum absolute atomic E-state index is 0.397. The molecule has 0 saturated heterocycles. The van der Waals surface area contributed by atoms with Crippen molar-refractivity contribution in [3.63, 3.8) is 0 Å². The van der Waals surface area contributed by atoms with E-state index in [-0.39, 0.29) is 0 Å². The third-order valence-electron chi connectivity index (χ3n) is 2.57. The number of ether oxygens (including phenoxy) is 2. The van der Waals surface area contributed by atoms with Crippen molar-refractivity contribution in [3.8, 4) is 11.5 Å². The number of rotatable bonds is 6. The average Bonchev–Trinajstić information content (AvgIpc) is 2.47. The van der Waals surface area contributed by atoms with Crippen molar-refractivity contribution in [1.29, 1.82) is 0 Å². The van der Waals surface area contributed by atoms with Gasteiger partial charge in [-0.2, -0.15) is 0 Å². The third kappa shape index (κ3) is 4.83. The molecule has 0 aliphatic rings. The largest absolute Gasteiger partial charge is 0.490 e. The number of halogens is 3. The van der Waals surface area contributed by atoms with Gasteiger partial charge in [0.15, 0.2) is 0 Å². The molecular formula is C15H11Br3O3. The number of carbonyl (C=O) groups is 1. The predicted octanol–water partition coefficient (Wildman–Crippen LogP) is 5.24. The van der Waals surface area contributed by atoms with Gasteiger partial charge in [-0.1, -0.05) is 15.9 Å². The molecule has 21 heavy (non-hydrogen) atoms. The molecule has 6 heteroatoms. The Labute approximate surface area is 148 Å². The van der Waals surface area contributed by atoms with Gasteiger partial charge < -0.3 is 9.47 Å². The monoisotopic (exact) mass is 476 g/mol. The molecule has 0 aromatic heterocycles. The molecule has 0 radical (unpaired) electrons. The highest BCUT2D eigenvalue weighted by Gasteiger charge is 2.08. The summed E-state index contributed by atoms with van der Waals surface area (Å²) in [5.74, 6) is 1.44. The van der Waals surface area contributed by atoms with Gasteiger partial charge in [-0.25, -0.2) is 0 Å². The lowest BCUT2D eigenvalue weighted by Gasteiger charge is -2.12. The number of carbonyl (C=O) groups excluding carboxylic acids is 1. The first-order valence-electron chi connectivity index (χ1n) is 6.05. The van der Waals surface area contributed by atoms with Gasteiger partial charge in [0.25, 0.3) is 0 Å². The molecule has 110 valence electrons. The zero-order valence-electron chi connectivity index (χ0n) is 10.8. The van der Waals surface area contributed by atoms with Crippen LogP contribution in [0.2, 0.25) is 0 Å². The van der Waals surface area contributed by atoms with E-state index in [1.54, 1.807) is 12.1 Å². The summed E-state index contributed by atoms with van der Waals surface area (Å²) in [5.41, 5.74) is 0.576. The van der Waals surface area contributed by atoms with E-state index < -0.39 is 0 Å². The van der Waals surface area contributed by atoms with Gasteiger partial charge in [0.05, 0.1) is 8.95 Å². The van der Waals surface area contributed by atoms with Gasteiger partial charge in [-0.15, -0.1) is 0 Å². The van der Waals surface area contributed by atoms with Crippen LogP contribution in [-0.4, -0.2) is 19.5 Å². The standard InChI is InChI=1S/C15H11Br3O3/c16-11-1-3-12(4-2-11)20-5-6-21-15-13(17)7-10(9-19)8-14(15)18/h1-4,7-9H,5-6H2. The zero-order chi connectivity index (χ0) is 15.2. The van der Waals surface area contributed by atoms with E-state index in [0.29, 0.717) is 24.5 Å². The van der Waals surface area contributed by atoms with Crippen LogP contribution in [-0.2, 0) is 0 Å². The Kier molecular flexibility index (Phi) is 6.26. The molecule has 0 atom stereocenters. The van der Waals surface area contributed by atoms with Gasteiger partial charge in [-0.3, -0.25) is 4.79 Å². The summed E-state index contributed by atoms with van der Waals surface area (Å²) < 4.78 is 13.7. The fraction of sp³-hybridized carbons (Fsp3) is 0.133. The van der Waals surface area contributed by atoms with Gasteiger partial charge in [-0.05, 0) is 68.3 Å². The first-order valence-corrected chi connectivity index (χ1v) is 8.43. The molecular weight excluding hydrogens is 468 g/mol. The lowest BCUT2D eigenvalue weighted by atomic mass is 10.2. The molecule has 0 saturated carbocycles. The molecule has 0 unspecified atom stereocenters. The van der Waals surface area contributed by atoms with Crippen LogP contribution in [0.3, 0.4) is 0 Å². The number of aldehydes is 1. The lowest BCUT2D eigenvalue weighted by Crippen LogP contribution is -2.09. The third-order valence-corrected chi connectivity index (χ3v) is 4.28. The average molecular weight is 479 g/mol. The molecule has 2 aromatic rings. The Morgan fingerprint density at radius 3 is 2.05 bits per heavy atom. The summed E-state index contributed by atoms with van der Waals surface area (Å²) in [6.07, 6.45) is 0.788. The van der Waals surface area contributed by atoms with E-state index >= 15 is 0 Å². The van der Waals surface area contributed by atoms with Crippen molar-refractivity contribution in [2.24, 2.45) is 0 Å². The van der Waals surface area contributed by atoms with E-state index in [1.165, 1.54) is 0 Å². The summed E-state index contributed by atoms with van der Waals surface area (Å²) in [5, 5.41) is 0. The fourth-order valence-electron chi connectivity index (χ4n) is 1.62. The number of hydrogen-bond donors (Lipinski definition) is 0. The van der Waals surface area contributed by atoms with Crippen molar-refractivity contribution in [2.75, 3.05) is 13.2 Å². The van der Waals surface area contributed by atoms with Crippen LogP contribution >= 0.6 is 47.8 Å². The highest BCUT2D eigenvalue weighted by Crippen LogP contribution is 2.34. The van der Waals surface area contributed by atoms with Crippen LogP contribution in [0.5, 0.6) is 11.5 Å². The van der Waals surface area contributed by atoms with Crippen molar-refractivity contribution >= 4 is 54.1 Å². The second-order valence-corrected chi connectivity index (χ2v) is 6.71. The molecule has 0 N–H and O–H groups in total. The molecule has 0 heterocycles. The van der Waals surface area contributed by atoms with Crippen LogP contribution in [0, 0.1) is 0 Å². The van der Waals surface area contributed by atoms with Crippen molar-refractivity contribution < 1.29 is 14.3 Å². The lowest BCUT2D eigenvalue weighted by molar-refractivity contribution is 0.112. The van der Waals surface area contributed by atoms with Crippen LogP contribution in [0.1, 0.15) is 10.4 Å². The Morgan fingerprint density at radius 2 is 1.48 bits per heavy atom. The quantitative estimate of drug-likeness (QED) is 0.420. The minimum Gasteiger partial charge on any atom is -0.490 e. The van der Waals surface area contributed by atoms with E-state index in [4.69, 9.17) is 9.47 Å². The summed E-state index contributed by atoms with van der Waals surface area (Å²) in [6.45, 7) is 0.823. The molecule has 3 nitrogen and oxygen atoms in total. The topological polar surface area (TPSA) is 35.5 Å². The summed E-state index contributed by atoms with van der Waals surface area (Å²) in [6, 6.07) is 11.0. The highest BCUT2D eigenvalue weighted by atomic mass is 79.9. The molecule has 0 spiro atoms. The van der Waals surface area contributed by atoms with Gasteiger partial charge in [0, 0.05) is 10.0 Å². The molecule has 0 aliphatic heterocycles. The Balaban J connectivity index is 1.89. The van der Waals surface area contributed by atoms with Crippen LogP contribution in [0.4, 0.5) is 0 Å². The minimum atomic E-state index is 0.397. The molecule has 0 amide bonds. The Bertz CT molecular complexity index is 604. The maximum atomic E-state index is 10.8. The van der Waals surface area contributed by atoms with Crippen LogP contribution < -0.4 is 9.47 Å². The highest BCUT2D eigenvalue weighted by molar-refractivity contribution is 9.11. The molecule has 2 rings (SSSR count). The number of hydrogen-bond acceptors (Lipinski definition) is 3. The van der Waals surface area contributed by atoms with Crippen molar-refractivity contribution in [1.82, 2.24) is 0 Å². The molecule has 0 fully saturated rings. The van der Waals surface area contributed by atoms with E-state index in [1.807, 2.05) is 24.3 Å². The predicted molar refractivity (Wildman–Crippen MR) is 92.4 cm³/mol. The van der Waals surface area contributed by atoms with E-state index in [2.05, 4.69) is 47.8 Å². The van der Waals surface area contributed by atoms with Gasteiger partial charge in [0.2, 0.25) is 0 Å². The summed E-state index contributed by atoms with van der Waals surface area (Å²) in [4.78, 5) is 10.8. The fourth-order valence-corrected chi connectivity index (χ4v) is 3.33. The second-order valence-electron chi connectivity index (χ2n) is 4.08. The van der Waals surface area contributed by atoms with Gasteiger partial charge in [0.1, 0.15) is 31.0 Å². The van der Waals surface area contributed by atoms with E-state index in [0.717, 1.165) is 25.5 Å². The first kappa shape index (κ1) is 16.5. The van der Waals surface area contributed by atoms with Crippen molar-refractivity contribution in [3.05, 3.63) is 55.4 Å².